The van der Waals surface area contributed by atoms with E-state index in [1.54, 1.807) is 44.4 Å². The number of pyridine rings is 1. The van der Waals surface area contributed by atoms with Crippen molar-refractivity contribution in [2.45, 2.75) is 58.3 Å². The van der Waals surface area contributed by atoms with Crippen LogP contribution in [0, 0.1) is 11.6 Å². The second-order valence-electron chi connectivity index (χ2n) is 9.51. The number of benzene rings is 2. The molecule has 0 aliphatic rings. The van der Waals surface area contributed by atoms with E-state index in [1.807, 2.05) is 18.9 Å². The summed E-state index contributed by atoms with van der Waals surface area (Å²) in [5.41, 5.74) is 1.35. The molecule has 0 aliphatic carbocycles. The van der Waals surface area contributed by atoms with E-state index in [0.29, 0.717) is 36.6 Å². The standard InChI is InChI=1S/C17H26ClF2N3.C13H12FNO/c1-5-15(9-14(19)11-21-3)23(4)12(2)22-10-13-7-6-8-16(20)17(13)18;1-8(9(2)16)13-6-11-5-12(14)4-3-10(11)7-15-13/h6-8,14-15,21-22H,2,5,9-11H2,1,3-4H3;3-8H,1-2H3. The second-order valence-corrected chi connectivity index (χ2v) is 9.89. The molecule has 0 saturated heterocycles. The maximum absolute atomic E-state index is 13.8. The van der Waals surface area contributed by atoms with Gasteiger partial charge < -0.3 is 15.5 Å². The van der Waals surface area contributed by atoms with Crippen LogP contribution >= 0.6 is 11.6 Å². The van der Waals surface area contributed by atoms with Gasteiger partial charge in [0.05, 0.1) is 22.5 Å². The van der Waals surface area contributed by atoms with Gasteiger partial charge in [-0.1, -0.05) is 37.2 Å². The third-order valence-electron chi connectivity index (χ3n) is 6.67. The Morgan fingerprint density at radius 3 is 2.54 bits per heavy atom. The monoisotopic (exact) mass is 562 g/mol. The lowest BCUT2D eigenvalue weighted by atomic mass is 10.0. The van der Waals surface area contributed by atoms with Crippen molar-refractivity contribution < 1.29 is 18.0 Å². The minimum atomic E-state index is -0.905. The Labute approximate surface area is 234 Å². The largest absolute Gasteiger partial charge is 0.368 e. The van der Waals surface area contributed by atoms with Crippen molar-refractivity contribution in [3.05, 3.63) is 89.0 Å². The van der Waals surface area contributed by atoms with Crippen LogP contribution in [-0.2, 0) is 11.3 Å². The Morgan fingerprint density at radius 2 is 1.90 bits per heavy atom. The molecule has 3 rings (SSSR count). The number of nitrogens with zero attached hydrogens (tertiary/aromatic N) is 2. The van der Waals surface area contributed by atoms with Crippen molar-refractivity contribution in [2.75, 3.05) is 20.6 Å². The molecule has 3 aromatic rings. The van der Waals surface area contributed by atoms with Crippen molar-refractivity contribution in [3.63, 3.8) is 0 Å². The zero-order chi connectivity index (χ0) is 29.1. The Balaban J connectivity index is 0.000000290. The summed E-state index contributed by atoms with van der Waals surface area (Å²) >= 11 is 5.93. The summed E-state index contributed by atoms with van der Waals surface area (Å²) in [5.74, 6) is -0.242. The molecule has 0 saturated carbocycles. The number of hydrogen-bond acceptors (Lipinski definition) is 5. The molecule has 5 nitrogen and oxygen atoms in total. The number of halogens is 4. The van der Waals surface area contributed by atoms with Crippen LogP contribution in [-0.4, -0.2) is 48.5 Å². The van der Waals surface area contributed by atoms with Gasteiger partial charge in [-0.2, -0.15) is 0 Å². The summed E-state index contributed by atoms with van der Waals surface area (Å²) in [6, 6.07) is 11.0. The van der Waals surface area contributed by atoms with Crippen molar-refractivity contribution >= 4 is 28.2 Å². The maximum atomic E-state index is 13.8. The summed E-state index contributed by atoms with van der Waals surface area (Å²) in [6.45, 7) is 10.0. The topological polar surface area (TPSA) is 57.3 Å². The highest BCUT2D eigenvalue weighted by atomic mass is 35.5. The first-order chi connectivity index (χ1) is 18.5. The van der Waals surface area contributed by atoms with Gasteiger partial charge in [-0.3, -0.25) is 9.78 Å². The van der Waals surface area contributed by atoms with Gasteiger partial charge in [0.15, 0.2) is 0 Å². The highest BCUT2D eigenvalue weighted by molar-refractivity contribution is 6.31. The van der Waals surface area contributed by atoms with Gasteiger partial charge in [-0.25, -0.2) is 13.2 Å². The average Bonchev–Trinajstić information content (AvgIpc) is 2.91. The highest BCUT2D eigenvalue weighted by Gasteiger charge is 2.19. The zero-order valence-corrected chi connectivity index (χ0v) is 24.0. The molecular weight excluding hydrogens is 525 g/mol. The van der Waals surface area contributed by atoms with Gasteiger partial charge in [0, 0.05) is 44.2 Å². The summed E-state index contributed by atoms with van der Waals surface area (Å²) in [5, 5.41) is 7.73. The number of carbonyl (C=O) groups excluding carboxylic acids is 1. The minimum Gasteiger partial charge on any atom is -0.368 e. The smallest absolute Gasteiger partial charge is 0.142 e. The third kappa shape index (κ3) is 9.55. The molecule has 212 valence electrons. The SMILES string of the molecule is C=C(NCc1cccc(F)c1Cl)N(C)C(CC)CC(F)CNC.CC(=O)C(C)c1cc2cc(F)ccc2cn1. The number of ketones is 1. The molecule has 0 amide bonds. The van der Waals surface area contributed by atoms with Gasteiger partial charge in [-0.15, -0.1) is 0 Å². The number of rotatable bonds is 12. The number of nitrogens with one attached hydrogen (secondary N) is 2. The van der Waals surface area contributed by atoms with Crippen LogP contribution in [0.4, 0.5) is 13.2 Å². The summed E-state index contributed by atoms with van der Waals surface area (Å²) in [6.07, 6.45) is 2.00. The minimum absolute atomic E-state index is 0.0429. The lowest BCUT2D eigenvalue weighted by Crippen LogP contribution is -2.38. The molecule has 9 heteroatoms. The fourth-order valence-corrected chi connectivity index (χ4v) is 4.19. The molecule has 0 aliphatic heterocycles. The van der Waals surface area contributed by atoms with E-state index in [-0.39, 0.29) is 28.6 Å². The van der Waals surface area contributed by atoms with Gasteiger partial charge >= 0.3 is 0 Å². The van der Waals surface area contributed by atoms with Crippen LogP contribution < -0.4 is 10.6 Å². The molecule has 1 aromatic heterocycles. The zero-order valence-electron chi connectivity index (χ0n) is 23.2. The quantitative estimate of drug-likeness (QED) is 0.255. The van der Waals surface area contributed by atoms with E-state index >= 15 is 0 Å². The predicted octanol–water partition coefficient (Wildman–Crippen LogP) is 6.76. The van der Waals surface area contributed by atoms with Crippen LogP contribution in [0.3, 0.4) is 0 Å². The number of hydrogen-bond donors (Lipinski definition) is 2. The average molecular weight is 563 g/mol. The molecule has 0 fully saturated rings. The van der Waals surface area contributed by atoms with Crippen LogP contribution in [0.5, 0.6) is 0 Å². The van der Waals surface area contributed by atoms with Gasteiger partial charge in [-0.05, 0) is 68.6 Å². The fourth-order valence-electron chi connectivity index (χ4n) is 4.00. The number of fused-ring (bicyclic) bond motifs is 1. The molecule has 0 bridgehead atoms. The van der Waals surface area contributed by atoms with Crippen molar-refractivity contribution in [2.24, 2.45) is 0 Å². The number of Topliss-reactive ketones (excluding diaryl/α,β-unsaturated/α-hetero) is 1. The van der Waals surface area contributed by atoms with Crippen LogP contribution in [0.25, 0.3) is 10.8 Å². The normalized spacial score (nSPS) is 13.2. The van der Waals surface area contributed by atoms with Crippen molar-refractivity contribution in [1.82, 2.24) is 20.5 Å². The first-order valence-electron chi connectivity index (χ1n) is 12.9. The highest BCUT2D eigenvalue weighted by Crippen LogP contribution is 2.22. The van der Waals surface area contributed by atoms with Gasteiger partial charge in [0.1, 0.15) is 23.6 Å². The lowest BCUT2D eigenvalue weighted by Gasteiger charge is -2.32. The van der Waals surface area contributed by atoms with E-state index < -0.39 is 12.0 Å². The molecule has 0 radical (unpaired) electrons. The molecule has 3 atom stereocenters. The van der Waals surface area contributed by atoms with E-state index in [2.05, 4.69) is 22.2 Å². The number of aromatic nitrogens is 1. The van der Waals surface area contributed by atoms with Crippen LogP contribution in [0.2, 0.25) is 5.02 Å². The second kappa shape index (κ2) is 15.5. The van der Waals surface area contributed by atoms with E-state index in [0.717, 1.165) is 17.2 Å². The van der Waals surface area contributed by atoms with Crippen LogP contribution in [0.1, 0.15) is 50.8 Å². The molecular formula is C30H38ClF3N4O. The summed E-state index contributed by atoms with van der Waals surface area (Å²) in [4.78, 5) is 17.4. The molecule has 39 heavy (non-hydrogen) atoms. The molecule has 2 N–H and O–H groups in total. The van der Waals surface area contributed by atoms with Crippen LogP contribution in [0.15, 0.2) is 61.1 Å². The molecule has 3 unspecified atom stereocenters. The first kappa shape index (κ1) is 32.1. The van der Waals surface area contributed by atoms with E-state index in [4.69, 9.17) is 11.6 Å². The Bertz CT molecular complexity index is 1260. The Morgan fingerprint density at radius 1 is 1.18 bits per heavy atom. The summed E-state index contributed by atoms with van der Waals surface area (Å²) in [7, 11) is 3.61. The molecule has 0 spiro atoms. The Hall–Kier alpha value is -3.10. The number of carbonyl (C=O) groups is 1. The molecule has 2 aromatic carbocycles. The van der Waals surface area contributed by atoms with Gasteiger partial charge in [0.2, 0.25) is 0 Å². The predicted molar refractivity (Wildman–Crippen MR) is 153 cm³/mol. The first-order valence-corrected chi connectivity index (χ1v) is 13.3. The lowest BCUT2D eigenvalue weighted by molar-refractivity contribution is -0.118. The van der Waals surface area contributed by atoms with Crippen molar-refractivity contribution in [1.29, 1.82) is 0 Å². The summed E-state index contributed by atoms with van der Waals surface area (Å²) < 4.78 is 40.3. The van der Waals surface area contributed by atoms with E-state index in [9.17, 15) is 18.0 Å². The Kier molecular flexibility index (Phi) is 12.7. The molecule has 1 heterocycles. The van der Waals surface area contributed by atoms with Gasteiger partial charge in [0.25, 0.3) is 0 Å². The third-order valence-corrected chi connectivity index (χ3v) is 7.09. The van der Waals surface area contributed by atoms with Crippen molar-refractivity contribution in [3.8, 4) is 0 Å². The van der Waals surface area contributed by atoms with E-state index in [1.165, 1.54) is 25.1 Å². The fraction of sp³-hybridized carbons (Fsp3) is 0.400. The maximum Gasteiger partial charge on any atom is 0.142 e. The number of alkyl halides is 1.